The molecule has 1 heterocycles. The summed E-state index contributed by atoms with van der Waals surface area (Å²) >= 11 is 0. The highest BCUT2D eigenvalue weighted by atomic mass is 19.1. The SMILES string of the molecule is CC(C)CC[C@@H](C)NC(=O)CN1C(=O)N[C@@](C)(c2ccc(F)cc2)C1=O. The second-order valence-corrected chi connectivity index (χ2v) is 7.39. The minimum Gasteiger partial charge on any atom is -0.352 e. The lowest BCUT2D eigenvalue weighted by Crippen LogP contribution is -2.45. The number of carbonyl (C=O) groups excluding carboxylic acids is 3. The number of imide groups is 1. The molecule has 142 valence electrons. The molecule has 1 aromatic rings. The van der Waals surface area contributed by atoms with E-state index < -0.39 is 23.3 Å². The summed E-state index contributed by atoms with van der Waals surface area (Å²) in [5.41, 5.74) is -0.848. The van der Waals surface area contributed by atoms with Crippen LogP contribution in [-0.4, -0.2) is 35.3 Å². The number of hydrogen-bond acceptors (Lipinski definition) is 3. The lowest BCUT2D eigenvalue weighted by molar-refractivity contribution is -0.135. The molecule has 26 heavy (non-hydrogen) atoms. The minimum atomic E-state index is -1.31. The van der Waals surface area contributed by atoms with E-state index in [1.807, 2.05) is 6.92 Å². The molecule has 1 aliphatic heterocycles. The van der Waals surface area contributed by atoms with Crippen molar-refractivity contribution in [2.75, 3.05) is 6.54 Å². The fourth-order valence-corrected chi connectivity index (χ4v) is 2.94. The maximum atomic E-state index is 13.1. The molecule has 4 amide bonds. The zero-order valence-corrected chi connectivity index (χ0v) is 15.6. The molecule has 1 saturated heterocycles. The van der Waals surface area contributed by atoms with Gasteiger partial charge in [0.2, 0.25) is 5.91 Å². The number of amides is 4. The first-order valence-corrected chi connectivity index (χ1v) is 8.83. The first-order valence-electron chi connectivity index (χ1n) is 8.83. The van der Waals surface area contributed by atoms with Gasteiger partial charge in [0.05, 0.1) is 0 Å². The van der Waals surface area contributed by atoms with Crippen LogP contribution in [0.4, 0.5) is 9.18 Å². The predicted octanol–water partition coefficient (Wildman–Crippen LogP) is 2.53. The smallest absolute Gasteiger partial charge is 0.325 e. The normalized spacial score (nSPS) is 21.1. The lowest BCUT2D eigenvalue weighted by atomic mass is 9.92. The largest absolute Gasteiger partial charge is 0.352 e. The molecule has 0 spiro atoms. The molecule has 2 rings (SSSR count). The summed E-state index contributed by atoms with van der Waals surface area (Å²) in [6.07, 6.45) is 1.81. The van der Waals surface area contributed by atoms with E-state index in [-0.39, 0.29) is 18.5 Å². The van der Waals surface area contributed by atoms with Crippen LogP contribution >= 0.6 is 0 Å². The van der Waals surface area contributed by atoms with E-state index in [0.717, 1.165) is 17.7 Å². The summed E-state index contributed by atoms with van der Waals surface area (Å²) < 4.78 is 13.1. The summed E-state index contributed by atoms with van der Waals surface area (Å²) in [4.78, 5) is 38.0. The van der Waals surface area contributed by atoms with Crippen molar-refractivity contribution in [3.63, 3.8) is 0 Å². The number of nitrogens with zero attached hydrogens (tertiary/aromatic N) is 1. The van der Waals surface area contributed by atoms with Crippen LogP contribution in [0.3, 0.4) is 0 Å². The number of rotatable bonds is 7. The van der Waals surface area contributed by atoms with Crippen molar-refractivity contribution in [1.82, 2.24) is 15.5 Å². The average molecular weight is 363 g/mol. The molecule has 1 aromatic carbocycles. The van der Waals surface area contributed by atoms with E-state index in [0.29, 0.717) is 11.5 Å². The summed E-state index contributed by atoms with van der Waals surface area (Å²) in [5, 5.41) is 5.42. The highest BCUT2D eigenvalue weighted by Gasteiger charge is 2.49. The Hall–Kier alpha value is -2.44. The maximum Gasteiger partial charge on any atom is 0.325 e. The van der Waals surface area contributed by atoms with Gasteiger partial charge in [0.15, 0.2) is 0 Å². The molecule has 0 aromatic heterocycles. The standard InChI is InChI=1S/C19H26FN3O3/c1-12(2)5-6-13(3)21-16(24)11-23-17(25)19(4,22-18(23)26)14-7-9-15(20)10-8-14/h7-10,12-13H,5-6,11H2,1-4H3,(H,21,24)(H,22,26)/t13-,19+/m1/s1. The Morgan fingerprint density at radius 3 is 2.38 bits per heavy atom. The third kappa shape index (κ3) is 4.39. The summed E-state index contributed by atoms with van der Waals surface area (Å²) in [7, 11) is 0. The fourth-order valence-electron chi connectivity index (χ4n) is 2.94. The van der Waals surface area contributed by atoms with Gasteiger partial charge >= 0.3 is 6.03 Å². The Labute approximate surface area is 153 Å². The van der Waals surface area contributed by atoms with Crippen LogP contribution in [0.25, 0.3) is 0 Å². The van der Waals surface area contributed by atoms with E-state index in [1.165, 1.54) is 24.3 Å². The molecule has 0 saturated carbocycles. The number of nitrogens with one attached hydrogen (secondary N) is 2. The summed E-state index contributed by atoms with van der Waals surface area (Å²) in [6.45, 7) is 7.32. The Kier molecular flexibility index (Phi) is 6.00. The van der Waals surface area contributed by atoms with Crippen molar-refractivity contribution in [2.24, 2.45) is 5.92 Å². The average Bonchev–Trinajstić information content (AvgIpc) is 2.77. The highest BCUT2D eigenvalue weighted by molar-refractivity contribution is 6.09. The fraction of sp³-hybridized carbons (Fsp3) is 0.526. The first-order chi connectivity index (χ1) is 12.1. The molecule has 0 radical (unpaired) electrons. The number of carbonyl (C=O) groups is 3. The second kappa shape index (κ2) is 7.85. The van der Waals surface area contributed by atoms with Crippen LogP contribution in [0.5, 0.6) is 0 Å². The summed E-state index contributed by atoms with van der Waals surface area (Å²) in [6, 6.07) is 4.69. The Morgan fingerprint density at radius 2 is 1.81 bits per heavy atom. The van der Waals surface area contributed by atoms with Crippen LogP contribution in [0.1, 0.15) is 46.1 Å². The topological polar surface area (TPSA) is 78.5 Å². The third-order valence-corrected chi connectivity index (χ3v) is 4.58. The molecule has 0 aliphatic carbocycles. The highest BCUT2D eigenvalue weighted by Crippen LogP contribution is 2.28. The van der Waals surface area contributed by atoms with E-state index >= 15 is 0 Å². The minimum absolute atomic E-state index is 0.0332. The van der Waals surface area contributed by atoms with Crippen molar-refractivity contribution in [2.45, 2.75) is 52.1 Å². The quantitative estimate of drug-likeness (QED) is 0.731. The molecule has 0 unspecified atom stereocenters. The lowest BCUT2D eigenvalue weighted by Gasteiger charge is -2.22. The molecule has 6 nitrogen and oxygen atoms in total. The molecule has 0 bridgehead atoms. The van der Waals surface area contributed by atoms with Gasteiger partial charge in [-0.2, -0.15) is 0 Å². The third-order valence-electron chi connectivity index (χ3n) is 4.58. The number of hydrogen-bond donors (Lipinski definition) is 2. The summed E-state index contributed by atoms with van der Waals surface area (Å²) in [5.74, 6) is -0.801. The Morgan fingerprint density at radius 1 is 1.19 bits per heavy atom. The first kappa shape index (κ1) is 19.9. The van der Waals surface area contributed by atoms with Gasteiger partial charge in [0, 0.05) is 6.04 Å². The monoisotopic (exact) mass is 363 g/mol. The van der Waals surface area contributed by atoms with Gasteiger partial charge in [-0.15, -0.1) is 0 Å². The van der Waals surface area contributed by atoms with Crippen LogP contribution < -0.4 is 10.6 Å². The van der Waals surface area contributed by atoms with Crippen molar-refractivity contribution >= 4 is 17.8 Å². The van der Waals surface area contributed by atoms with Gasteiger partial charge in [-0.3, -0.25) is 14.5 Å². The second-order valence-electron chi connectivity index (χ2n) is 7.39. The zero-order valence-electron chi connectivity index (χ0n) is 15.6. The van der Waals surface area contributed by atoms with Gasteiger partial charge in [0.25, 0.3) is 5.91 Å². The van der Waals surface area contributed by atoms with Gasteiger partial charge in [-0.25, -0.2) is 9.18 Å². The van der Waals surface area contributed by atoms with Crippen LogP contribution in [-0.2, 0) is 15.1 Å². The molecular formula is C19H26FN3O3. The van der Waals surface area contributed by atoms with Crippen LogP contribution in [0.2, 0.25) is 0 Å². The molecule has 1 fully saturated rings. The van der Waals surface area contributed by atoms with Gasteiger partial charge < -0.3 is 10.6 Å². The van der Waals surface area contributed by atoms with Crippen molar-refractivity contribution in [1.29, 1.82) is 0 Å². The Bertz CT molecular complexity index is 690. The van der Waals surface area contributed by atoms with Crippen LogP contribution in [0, 0.1) is 11.7 Å². The van der Waals surface area contributed by atoms with Crippen molar-refractivity contribution in [3.8, 4) is 0 Å². The Balaban J connectivity index is 2.02. The van der Waals surface area contributed by atoms with E-state index in [1.54, 1.807) is 6.92 Å². The molecule has 2 atom stereocenters. The molecule has 1 aliphatic rings. The zero-order chi connectivity index (χ0) is 19.5. The van der Waals surface area contributed by atoms with Gasteiger partial charge in [-0.05, 0) is 50.3 Å². The predicted molar refractivity (Wildman–Crippen MR) is 95.7 cm³/mol. The van der Waals surface area contributed by atoms with E-state index in [9.17, 15) is 18.8 Å². The molecular weight excluding hydrogens is 337 g/mol. The van der Waals surface area contributed by atoms with Crippen molar-refractivity contribution < 1.29 is 18.8 Å². The van der Waals surface area contributed by atoms with E-state index in [2.05, 4.69) is 24.5 Å². The van der Waals surface area contributed by atoms with Crippen molar-refractivity contribution in [3.05, 3.63) is 35.6 Å². The number of halogens is 1. The number of benzene rings is 1. The van der Waals surface area contributed by atoms with Gasteiger partial charge in [0.1, 0.15) is 17.9 Å². The maximum absolute atomic E-state index is 13.1. The van der Waals surface area contributed by atoms with Gasteiger partial charge in [-0.1, -0.05) is 26.0 Å². The molecule has 7 heteroatoms. The molecule has 2 N–H and O–H groups in total. The number of urea groups is 1. The van der Waals surface area contributed by atoms with Crippen LogP contribution in [0.15, 0.2) is 24.3 Å². The van der Waals surface area contributed by atoms with E-state index in [4.69, 9.17) is 0 Å².